The van der Waals surface area contributed by atoms with Gasteiger partial charge in [0.05, 0.1) is 12.7 Å². The molecule has 0 saturated heterocycles. The highest BCUT2D eigenvalue weighted by molar-refractivity contribution is 6.31. The molecule has 3 nitrogen and oxygen atoms in total. The number of ether oxygens (including phenoxy) is 1. The molecule has 0 spiro atoms. The number of aryl methyl sites for hydroxylation is 1. The van der Waals surface area contributed by atoms with Crippen molar-refractivity contribution in [2.24, 2.45) is 0 Å². The van der Waals surface area contributed by atoms with Crippen molar-refractivity contribution in [3.8, 4) is 11.5 Å². The van der Waals surface area contributed by atoms with E-state index < -0.39 is 0 Å². The maximum atomic E-state index is 12.1. The van der Waals surface area contributed by atoms with Crippen LogP contribution in [0.25, 0.3) is 0 Å². The Kier molecular flexibility index (Phi) is 4.64. The summed E-state index contributed by atoms with van der Waals surface area (Å²) in [5, 5.41) is 10.1. The standard InChI is InChI=1S/C16H15ClO3/c1-20-13-6-2-11(3-7-13)4-8-15(18)14-10-12(17)5-9-16(14)19/h2-3,5-7,9-10,19H,4,8H2,1H3. The molecule has 4 heteroatoms. The van der Waals surface area contributed by atoms with E-state index in [1.54, 1.807) is 13.2 Å². The molecule has 0 aliphatic rings. The minimum atomic E-state index is -0.124. The molecule has 0 saturated carbocycles. The first kappa shape index (κ1) is 14.4. The Labute approximate surface area is 122 Å². The van der Waals surface area contributed by atoms with E-state index in [0.29, 0.717) is 17.9 Å². The van der Waals surface area contributed by atoms with Crippen LogP contribution in [-0.4, -0.2) is 18.0 Å². The molecule has 2 aromatic carbocycles. The fourth-order valence-electron chi connectivity index (χ4n) is 1.92. The number of hydrogen-bond acceptors (Lipinski definition) is 3. The first-order valence-corrected chi connectivity index (χ1v) is 6.62. The Balaban J connectivity index is 2.02. The molecule has 104 valence electrons. The highest BCUT2D eigenvalue weighted by Crippen LogP contribution is 2.23. The number of methoxy groups -OCH3 is 1. The van der Waals surface area contributed by atoms with Gasteiger partial charge in [0.15, 0.2) is 5.78 Å². The van der Waals surface area contributed by atoms with Crippen LogP contribution >= 0.6 is 11.6 Å². The van der Waals surface area contributed by atoms with Gasteiger partial charge in [0.25, 0.3) is 0 Å². The van der Waals surface area contributed by atoms with Gasteiger partial charge in [-0.1, -0.05) is 23.7 Å². The third-order valence-electron chi connectivity index (χ3n) is 3.06. The summed E-state index contributed by atoms with van der Waals surface area (Å²) in [5.74, 6) is 0.627. The molecule has 2 aromatic rings. The number of hydrogen-bond donors (Lipinski definition) is 1. The quantitative estimate of drug-likeness (QED) is 0.850. The van der Waals surface area contributed by atoms with Gasteiger partial charge in [0.1, 0.15) is 11.5 Å². The predicted octanol–water partition coefficient (Wildman–Crippen LogP) is 3.87. The van der Waals surface area contributed by atoms with E-state index in [0.717, 1.165) is 11.3 Å². The first-order valence-electron chi connectivity index (χ1n) is 6.25. The molecule has 0 bridgehead atoms. The Morgan fingerprint density at radius 1 is 1.20 bits per heavy atom. The second kappa shape index (κ2) is 6.44. The van der Waals surface area contributed by atoms with Gasteiger partial charge in [0.2, 0.25) is 0 Å². The van der Waals surface area contributed by atoms with Gasteiger partial charge in [0, 0.05) is 11.4 Å². The third-order valence-corrected chi connectivity index (χ3v) is 3.29. The van der Waals surface area contributed by atoms with Crippen LogP contribution in [0, 0.1) is 0 Å². The summed E-state index contributed by atoms with van der Waals surface area (Å²) in [6, 6.07) is 12.0. The van der Waals surface area contributed by atoms with Crippen LogP contribution in [0.4, 0.5) is 0 Å². The molecule has 0 aliphatic carbocycles. The number of halogens is 1. The van der Waals surface area contributed by atoms with Gasteiger partial charge in [-0.05, 0) is 42.3 Å². The Bertz CT molecular complexity index is 606. The van der Waals surface area contributed by atoms with E-state index >= 15 is 0 Å². The van der Waals surface area contributed by atoms with E-state index in [9.17, 15) is 9.90 Å². The number of aromatic hydroxyl groups is 1. The van der Waals surface area contributed by atoms with Crippen LogP contribution in [0.1, 0.15) is 22.3 Å². The highest BCUT2D eigenvalue weighted by Gasteiger charge is 2.11. The van der Waals surface area contributed by atoms with E-state index in [1.165, 1.54) is 12.1 Å². The zero-order valence-electron chi connectivity index (χ0n) is 11.1. The molecular weight excluding hydrogens is 276 g/mol. The summed E-state index contributed by atoms with van der Waals surface area (Å²) in [4.78, 5) is 12.1. The highest BCUT2D eigenvalue weighted by atomic mass is 35.5. The molecule has 20 heavy (non-hydrogen) atoms. The number of benzene rings is 2. The minimum absolute atomic E-state index is 0.0332. The van der Waals surface area contributed by atoms with Crippen LogP contribution in [0.3, 0.4) is 0 Å². The van der Waals surface area contributed by atoms with Gasteiger partial charge in [-0.25, -0.2) is 0 Å². The van der Waals surface area contributed by atoms with Crippen molar-refractivity contribution >= 4 is 17.4 Å². The second-order valence-electron chi connectivity index (χ2n) is 4.43. The topological polar surface area (TPSA) is 46.5 Å². The average Bonchev–Trinajstić information content (AvgIpc) is 2.47. The van der Waals surface area contributed by atoms with Gasteiger partial charge in [-0.2, -0.15) is 0 Å². The van der Waals surface area contributed by atoms with Crippen LogP contribution in [-0.2, 0) is 6.42 Å². The smallest absolute Gasteiger partial charge is 0.166 e. The van der Waals surface area contributed by atoms with Crippen LogP contribution in [0.15, 0.2) is 42.5 Å². The second-order valence-corrected chi connectivity index (χ2v) is 4.87. The molecule has 0 aliphatic heterocycles. The van der Waals surface area contributed by atoms with Crippen molar-refractivity contribution in [3.63, 3.8) is 0 Å². The number of phenols is 1. The molecule has 0 aromatic heterocycles. The lowest BCUT2D eigenvalue weighted by Gasteiger charge is -2.05. The predicted molar refractivity (Wildman–Crippen MR) is 78.8 cm³/mol. The van der Waals surface area contributed by atoms with E-state index in [1.807, 2.05) is 24.3 Å². The molecule has 0 fully saturated rings. The number of phenolic OH excluding ortho intramolecular Hbond substituents is 1. The molecule has 2 rings (SSSR count). The fourth-order valence-corrected chi connectivity index (χ4v) is 2.09. The van der Waals surface area contributed by atoms with Crippen molar-refractivity contribution in [2.75, 3.05) is 7.11 Å². The molecule has 0 heterocycles. The number of rotatable bonds is 5. The Morgan fingerprint density at radius 2 is 1.90 bits per heavy atom. The van der Waals surface area contributed by atoms with Crippen LogP contribution in [0.2, 0.25) is 5.02 Å². The SMILES string of the molecule is COc1ccc(CCC(=O)c2cc(Cl)ccc2O)cc1. The minimum Gasteiger partial charge on any atom is -0.507 e. The summed E-state index contributed by atoms with van der Waals surface area (Å²) in [5.41, 5.74) is 1.31. The normalized spacial score (nSPS) is 10.3. The van der Waals surface area contributed by atoms with Gasteiger partial charge >= 0.3 is 0 Å². The fraction of sp³-hybridized carbons (Fsp3) is 0.188. The maximum absolute atomic E-state index is 12.1. The van der Waals surface area contributed by atoms with Gasteiger partial charge in [-0.3, -0.25) is 4.79 Å². The Hall–Kier alpha value is -2.00. The van der Waals surface area contributed by atoms with Crippen molar-refractivity contribution in [1.82, 2.24) is 0 Å². The van der Waals surface area contributed by atoms with E-state index in [-0.39, 0.29) is 17.1 Å². The van der Waals surface area contributed by atoms with Crippen LogP contribution < -0.4 is 4.74 Å². The molecule has 0 amide bonds. The van der Waals surface area contributed by atoms with Crippen molar-refractivity contribution < 1.29 is 14.6 Å². The van der Waals surface area contributed by atoms with E-state index in [2.05, 4.69) is 0 Å². The molecule has 0 unspecified atom stereocenters. The lowest BCUT2D eigenvalue weighted by molar-refractivity contribution is 0.0980. The summed E-state index contributed by atoms with van der Waals surface area (Å²) < 4.78 is 5.08. The number of carbonyl (C=O) groups is 1. The lowest BCUT2D eigenvalue weighted by Crippen LogP contribution is -2.01. The van der Waals surface area contributed by atoms with Gasteiger partial charge < -0.3 is 9.84 Å². The van der Waals surface area contributed by atoms with Crippen molar-refractivity contribution in [2.45, 2.75) is 12.8 Å². The van der Waals surface area contributed by atoms with E-state index in [4.69, 9.17) is 16.3 Å². The van der Waals surface area contributed by atoms with Crippen LogP contribution in [0.5, 0.6) is 11.5 Å². The summed E-state index contributed by atoms with van der Waals surface area (Å²) in [7, 11) is 1.61. The average molecular weight is 291 g/mol. The zero-order chi connectivity index (χ0) is 14.5. The van der Waals surface area contributed by atoms with Crippen molar-refractivity contribution in [3.05, 3.63) is 58.6 Å². The van der Waals surface area contributed by atoms with Crippen molar-refractivity contribution in [1.29, 1.82) is 0 Å². The lowest BCUT2D eigenvalue weighted by atomic mass is 10.0. The van der Waals surface area contributed by atoms with Gasteiger partial charge in [-0.15, -0.1) is 0 Å². The molecular formula is C16H15ClO3. The number of ketones is 1. The third kappa shape index (κ3) is 3.52. The maximum Gasteiger partial charge on any atom is 0.166 e. The largest absolute Gasteiger partial charge is 0.507 e. The first-order chi connectivity index (χ1) is 9.60. The Morgan fingerprint density at radius 3 is 2.55 bits per heavy atom. The summed E-state index contributed by atoms with van der Waals surface area (Å²) in [6.07, 6.45) is 0.926. The molecule has 1 N–H and O–H groups in total. The summed E-state index contributed by atoms with van der Waals surface area (Å²) in [6.45, 7) is 0. The summed E-state index contributed by atoms with van der Waals surface area (Å²) >= 11 is 5.83. The number of Topliss-reactive ketones (excluding diaryl/α,β-unsaturated/α-hetero) is 1. The monoisotopic (exact) mass is 290 g/mol. The zero-order valence-corrected chi connectivity index (χ0v) is 11.9. The molecule has 0 atom stereocenters. The molecule has 0 radical (unpaired) electrons. The number of carbonyl (C=O) groups excluding carboxylic acids is 1.